The molecular weight excluding hydrogens is 262 g/mol. The molecule has 0 saturated carbocycles. The topological polar surface area (TPSA) is 50.8 Å². The summed E-state index contributed by atoms with van der Waals surface area (Å²) in [7, 11) is 0. The van der Waals surface area contributed by atoms with Gasteiger partial charge < -0.3 is 4.74 Å². The van der Waals surface area contributed by atoms with Crippen LogP contribution in [0, 0.1) is 11.3 Å². The molecule has 0 saturated heterocycles. The zero-order valence-corrected chi connectivity index (χ0v) is 11.3. The first-order chi connectivity index (χ1) is 10.3. The van der Waals surface area contributed by atoms with Crippen LogP contribution in [0.1, 0.15) is 11.1 Å². The van der Waals surface area contributed by atoms with Crippen LogP contribution < -0.4 is 4.74 Å². The minimum Gasteiger partial charge on any atom is -0.489 e. The van der Waals surface area contributed by atoms with Gasteiger partial charge in [0, 0.05) is 11.8 Å². The number of nitrogens with zero attached hydrogens (tertiary/aromatic N) is 3. The van der Waals surface area contributed by atoms with Crippen molar-refractivity contribution in [3.8, 4) is 17.5 Å². The number of benzene rings is 2. The molecule has 2 aromatic carbocycles. The molecule has 0 atom stereocenters. The maximum atomic E-state index is 8.75. The average Bonchev–Trinajstić information content (AvgIpc) is 3.03. The highest BCUT2D eigenvalue weighted by molar-refractivity contribution is 5.35. The fourth-order valence-corrected chi connectivity index (χ4v) is 1.95. The molecule has 0 fully saturated rings. The summed E-state index contributed by atoms with van der Waals surface area (Å²) in [5.41, 5.74) is 2.63. The standard InChI is InChI=1S/C17H13N3O/c18-10-14-6-8-17(9-7-14)21-13-15-11-19-20(12-15)16-4-2-1-3-5-16/h1-9,11-12H,13H2. The summed E-state index contributed by atoms with van der Waals surface area (Å²) in [6.07, 6.45) is 3.73. The lowest BCUT2D eigenvalue weighted by Crippen LogP contribution is -1.95. The molecule has 0 radical (unpaired) electrons. The molecule has 0 unspecified atom stereocenters. The second kappa shape index (κ2) is 5.93. The van der Waals surface area contributed by atoms with Gasteiger partial charge in [0.25, 0.3) is 0 Å². The van der Waals surface area contributed by atoms with Crippen molar-refractivity contribution in [3.05, 3.63) is 78.1 Å². The number of nitriles is 1. The first-order valence-corrected chi connectivity index (χ1v) is 6.57. The Kier molecular flexibility index (Phi) is 3.66. The zero-order chi connectivity index (χ0) is 14.5. The number of hydrogen-bond acceptors (Lipinski definition) is 3. The molecule has 3 rings (SSSR count). The van der Waals surface area contributed by atoms with Crippen molar-refractivity contribution in [2.24, 2.45) is 0 Å². The molecule has 0 bridgehead atoms. The number of ether oxygens (including phenoxy) is 1. The second-order valence-corrected chi connectivity index (χ2v) is 4.55. The third kappa shape index (κ3) is 3.10. The number of aromatic nitrogens is 2. The minimum atomic E-state index is 0.443. The van der Waals surface area contributed by atoms with Gasteiger partial charge in [0.05, 0.1) is 23.5 Å². The molecule has 4 heteroatoms. The maximum absolute atomic E-state index is 8.75. The van der Waals surface area contributed by atoms with E-state index in [1.807, 2.05) is 41.2 Å². The van der Waals surface area contributed by atoms with Crippen molar-refractivity contribution in [1.29, 1.82) is 5.26 Å². The van der Waals surface area contributed by atoms with E-state index in [1.165, 1.54) is 0 Å². The Hall–Kier alpha value is -3.06. The maximum Gasteiger partial charge on any atom is 0.119 e. The monoisotopic (exact) mass is 275 g/mol. The van der Waals surface area contributed by atoms with Gasteiger partial charge >= 0.3 is 0 Å². The van der Waals surface area contributed by atoms with Crippen molar-refractivity contribution >= 4 is 0 Å². The van der Waals surface area contributed by atoms with Gasteiger partial charge in [0.15, 0.2) is 0 Å². The molecular formula is C17H13N3O. The van der Waals surface area contributed by atoms with E-state index in [-0.39, 0.29) is 0 Å². The predicted molar refractivity (Wildman–Crippen MR) is 79.1 cm³/mol. The Bertz CT molecular complexity index is 755. The molecule has 0 aliphatic heterocycles. The highest BCUT2D eigenvalue weighted by atomic mass is 16.5. The van der Waals surface area contributed by atoms with Crippen LogP contribution in [0.4, 0.5) is 0 Å². The Balaban J connectivity index is 1.66. The van der Waals surface area contributed by atoms with Crippen LogP contribution in [0.5, 0.6) is 5.75 Å². The van der Waals surface area contributed by atoms with Crippen molar-refractivity contribution in [3.63, 3.8) is 0 Å². The van der Waals surface area contributed by atoms with Crippen LogP contribution in [0.3, 0.4) is 0 Å². The first kappa shape index (κ1) is 12.9. The van der Waals surface area contributed by atoms with Crippen molar-refractivity contribution in [2.45, 2.75) is 6.61 Å². The van der Waals surface area contributed by atoms with Gasteiger partial charge in [-0.15, -0.1) is 0 Å². The lowest BCUT2D eigenvalue weighted by atomic mass is 10.2. The van der Waals surface area contributed by atoms with Gasteiger partial charge in [-0.3, -0.25) is 0 Å². The van der Waals surface area contributed by atoms with Crippen LogP contribution >= 0.6 is 0 Å². The highest BCUT2D eigenvalue weighted by Gasteiger charge is 2.02. The first-order valence-electron chi connectivity index (χ1n) is 6.57. The Morgan fingerprint density at radius 1 is 1.05 bits per heavy atom. The fourth-order valence-electron chi connectivity index (χ4n) is 1.95. The summed E-state index contributed by atoms with van der Waals surface area (Å²) in [6.45, 7) is 0.443. The summed E-state index contributed by atoms with van der Waals surface area (Å²) in [4.78, 5) is 0. The molecule has 0 aliphatic carbocycles. The number of para-hydroxylation sites is 1. The average molecular weight is 275 g/mol. The molecule has 21 heavy (non-hydrogen) atoms. The summed E-state index contributed by atoms with van der Waals surface area (Å²) in [6, 6.07) is 19.1. The highest BCUT2D eigenvalue weighted by Crippen LogP contribution is 2.14. The van der Waals surface area contributed by atoms with Gasteiger partial charge in [-0.1, -0.05) is 18.2 Å². The van der Waals surface area contributed by atoms with E-state index in [0.717, 1.165) is 17.0 Å². The summed E-state index contributed by atoms with van der Waals surface area (Å²) in [5, 5.41) is 13.1. The van der Waals surface area contributed by atoms with Crippen LogP contribution in [-0.2, 0) is 6.61 Å². The third-order valence-corrected chi connectivity index (χ3v) is 3.05. The Labute approximate surface area is 122 Å². The molecule has 1 aromatic heterocycles. The van der Waals surface area contributed by atoms with E-state index in [4.69, 9.17) is 10.00 Å². The third-order valence-electron chi connectivity index (χ3n) is 3.05. The summed E-state index contributed by atoms with van der Waals surface area (Å²) >= 11 is 0. The van der Waals surface area contributed by atoms with Gasteiger partial charge in [-0.25, -0.2) is 4.68 Å². The lowest BCUT2D eigenvalue weighted by molar-refractivity contribution is 0.306. The second-order valence-electron chi connectivity index (χ2n) is 4.55. The molecule has 0 spiro atoms. The largest absolute Gasteiger partial charge is 0.489 e. The van der Waals surface area contributed by atoms with Gasteiger partial charge in [-0.05, 0) is 36.4 Å². The molecule has 102 valence electrons. The predicted octanol–water partition coefficient (Wildman–Crippen LogP) is 3.32. The Morgan fingerprint density at radius 2 is 1.81 bits per heavy atom. The minimum absolute atomic E-state index is 0.443. The van der Waals surface area contributed by atoms with E-state index >= 15 is 0 Å². The number of rotatable bonds is 4. The molecule has 0 amide bonds. The zero-order valence-electron chi connectivity index (χ0n) is 11.3. The van der Waals surface area contributed by atoms with Gasteiger partial charge in [0.1, 0.15) is 12.4 Å². The molecule has 3 aromatic rings. The van der Waals surface area contributed by atoms with E-state index in [1.54, 1.807) is 30.5 Å². The summed E-state index contributed by atoms with van der Waals surface area (Å²) < 4.78 is 7.49. The lowest BCUT2D eigenvalue weighted by Gasteiger charge is -2.04. The van der Waals surface area contributed by atoms with Crippen LogP contribution in [0.25, 0.3) is 5.69 Å². The van der Waals surface area contributed by atoms with Crippen molar-refractivity contribution in [2.75, 3.05) is 0 Å². The number of hydrogen-bond donors (Lipinski definition) is 0. The Morgan fingerprint density at radius 3 is 2.52 bits per heavy atom. The van der Waals surface area contributed by atoms with Crippen LogP contribution in [-0.4, -0.2) is 9.78 Å². The molecule has 0 aliphatic rings. The molecule has 1 heterocycles. The smallest absolute Gasteiger partial charge is 0.119 e. The van der Waals surface area contributed by atoms with Crippen molar-refractivity contribution in [1.82, 2.24) is 9.78 Å². The van der Waals surface area contributed by atoms with Gasteiger partial charge in [0.2, 0.25) is 0 Å². The van der Waals surface area contributed by atoms with Crippen LogP contribution in [0.2, 0.25) is 0 Å². The fraction of sp³-hybridized carbons (Fsp3) is 0.0588. The normalized spacial score (nSPS) is 10.0. The SMILES string of the molecule is N#Cc1ccc(OCc2cnn(-c3ccccc3)c2)cc1. The quantitative estimate of drug-likeness (QED) is 0.734. The van der Waals surface area contributed by atoms with Gasteiger partial charge in [-0.2, -0.15) is 10.4 Å². The van der Waals surface area contributed by atoms with Crippen molar-refractivity contribution < 1.29 is 4.74 Å². The van der Waals surface area contributed by atoms with E-state index in [9.17, 15) is 0 Å². The van der Waals surface area contributed by atoms with E-state index < -0.39 is 0 Å². The van der Waals surface area contributed by atoms with E-state index in [2.05, 4.69) is 11.2 Å². The molecule has 4 nitrogen and oxygen atoms in total. The van der Waals surface area contributed by atoms with Crippen LogP contribution in [0.15, 0.2) is 67.0 Å². The molecule has 0 N–H and O–H groups in total. The summed E-state index contributed by atoms with van der Waals surface area (Å²) in [5.74, 6) is 0.737. The van der Waals surface area contributed by atoms with E-state index in [0.29, 0.717) is 12.2 Å².